The van der Waals surface area contributed by atoms with Crippen LogP contribution in [0.3, 0.4) is 0 Å². The number of halogens is 3. The van der Waals surface area contributed by atoms with Gasteiger partial charge in [0.05, 0.1) is 0 Å². The van der Waals surface area contributed by atoms with Crippen LogP contribution in [-0.4, -0.2) is 8.07 Å². The molecule has 1 aromatic carbocycles. The first kappa shape index (κ1) is 41.0. The van der Waals surface area contributed by atoms with Gasteiger partial charge in [-0.15, -0.1) is 6.42 Å². The minimum Gasteiger partial charge on any atom is -1.00 e. The molecule has 0 aromatic heterocycles. The molecule has 36 heavy (non-hydrogen) atoms. The van der Waals surface area contributed by atoms with Crippen LogP contribution in [0.4, 0.5) is 0 Å². The third kappa shape index (κ3) is 15.8. The Morgan fingerprint density at radius 1 is 0.667 bits per heavy atom. The summed E-state index contributed by atoms with van der Waals surface area (Å²) in [5.41, 5.74) is 1.43. The van der Waals surface area contributed by atoms with Gasteiger partial charge in [-0.3, -0.25) is 6.08 Å². The molecule has 1 unspecified atom stereocenters. The number of unbranched alkanes of at least 4 members (excludes halogenated alkanes) is 15. The molecule has 1 aliphatic carbocycles. The van der Waals surface area contributed by atoms with Gasteiger partial charge in [-0.05, 0) is 0 Å². The summed E-state index contributed by atoms with van der Waals surface area (Å²) in [6.07, 6.45) is 30.2. The Morgan fingerprint density at radius 3 is 1.47 bits per heavy atom. The summed E-state index contributed by atoms with van der Waals surface area (Å²) in [5, 5.41) is 3.26. The van der Waals surface area contributed by atoms with Crippen LogP contribution in [0.5, 0.6) is 0 Å². The molecule has 1 atom stereocenters. The molecule has 0 saturated heterocycles. The molecule has 0 bridgehead atoms. The third-order valence-electron chi connectivity index (χ3n) is 7.61. The van der Waals surface area contributed by atoms with Gasteiger partial charge in [0.2, 0.25) is 0 Å². The predicted molar refractivity (Wildman–Crippen MR) is 147 cm³/mol. The second-order valence-corrected chi connectivity index (χ2v) is 14.7. The molecule has 1 aromatic rings. The van der Waals surface area contributed by atoms with E-state index in [4.69, 9.17) is 0 Å². The molecule has 0 N–H and O–H groups in total. The van der Waals surface area contributed by atoms with Crippen LogP contribution in [0.15, 0.2) is 47.2 Å². The SMILES string of the molecule is CCCCCCCCCCCCCCCCCC[Si](C)(C1=CC[C-]=C1C)c1ccccc1.[Cl-].[Cl-].[Cl-].[Ti+4]. The Bertz CT molecular complexity index is 678. The van der Waals surface area contributed by atoms with Gasteiger partial charge in [0.25, 0.3) is 0 Å². The first-order valence-electron chi connectivity index (χ1n) is 14.0. The molecule has 0 amide bonds. The summed E-state index contributed by atoms with van der Waals surface area (Å²) < 4.78 is 0. The maximum Gasteiger partial charge on any atom is 4.00 e. The van der Waals surface area contributed by atoms with E-state index >= 15 is 0 Å². The minimum atomic E-state index is -1.60. The average molecular weight is 606 g/mol. The van der Waals surface area contributed by atoms with E-state index in [1.165, 1.54) is 114 Å². The molecular formula is C31H51Cl3SiTi. The number of allylic oxidation sites excluding steroid dienone is 4. The van der Waals surface area contributed by atoms with Gasteiger partial charge in [0.1, 0.15) is 0 Å². The van der Waals surface area contributed by atoms with Crippen molar-refractivity contribution in [3.63, 3.8) is 0 Å². The minimum absolute atomic E-state index is 0. The third-order valence-corrected chi connectivity index (χ3v) is 12.3. The van der Waals surface area contributed by atoms with Crippen molar-refractivity contribution in [3.8, 4) is 0 Å². The molecule has 0 nitrogen and oxygen atoms in total. The molecule has 204 valence electrons. The standard InChI is InChI=1S/C31H51Si.3ClH.Ti/c1-4-5-6-7-8-9-10-11-12-13-14-15-16-17-18-22-28-32(3,30-25-20-19-21-26-30)31-27-23-24-29(31)2;;;;/h19-21,25-27H,4-18,22-23,28H2,1-3H3;3*1H;/q-1;;;;+4/p-3. The fourth-order valence-corrected chi connectivity index (χ4v) is 9.68. The van der Waals surface area contributed by atoms with E-state index in [0.717, 1.165) is 6.42 Å². The van der Waals surface area contributed by atoms with E-state index in [9.17, 15) is 0 Å². The quantitative estimate of drug-likeness (QED) is 0.125. The van der Waals surface area contributed by atoms with Crippen molar-refractivity contribution in [2.24, 2.45) is 0 Å². The van der Waals surface area contributed by atoms with Crippen LogP contribution >= 0.6 is 0 Å². The van der Waals surface area contributed by atoms with Gasteiger partial charge < -0.3 is 37.2 Å². The Hall–Kier alpha value is 0.501. The molecule has 0 aliphatic heterocycles. The Morgan fingerprint density at radius 2 is 1.08 bits per heavy atom. The number of hydrogen-bond donors (Lipinski definition) is 0. The van der Waals surface area contributed by atoms with Gasteiger partial charge in [-0.1, -0.05) is 165 Å². The number of rotatable bonds is 19. The molecular weight excluding hydrogens is 555 g/mol. The van der Waals surface area contributed by atoms with Gasteiger partial charge >= 0.3 is 21.7 Å². The van der Waals surface area contributed by atoms with Crippen LogP contribution < -0.4 is 42.4 Å². The fraction of sp³-hybridized carbons (Fsp3) is 0.677. The Labute approximate surface area is 259 Å². The number of hydrogen-bond acceptors (Lipinski definition) is 0. The van der Waals surface area contributed by atoms with E-state index in [1.54, 1.807) is 10.4 Å². The zero-order chi connectivity index (χ0) is 22.9. The summed E-state index contributed by atoms with van der Waals surface area (Å²) in [5.74, 6) is 0. The van der Waals surface area contributed by atoms with Crippen molar-refractivity contribution in [2.75, 3.05) is 0 Å². The monoisotopic (exact) mass is 604 g/mol. The first-order chi connectivity index (χ1) is 15.7. The van der Waals surface area contributed by atoms with Crippen molar-refractivity contribution in [3.05, 3.63) is 53.3 Å². The normalized spacial score (nSPS) is 13.8. The van der Waals surface area contributed by atoms with E-state index in [-0.39, 0.29) is 58.9 Å². The maximum absolute atomic E-state index is 3.56. The largest absolute Gasteiger partial charge is 4.00 e. The van der Waals surface area contributed by atoms with Crippen LogP contribution in [0, 0.1) is 6.08 Å². The van der Waals surface area contributed by atoms with Gasteiger partial charge in [-0.25, -0.2) is 5.57 Å². The molecule has 2 rings (SSSR count). The second kappa shape index (κ2) is 25.8. The molecule has 1 aliphatic rings. The average Bonchev–Trinajstić information content (AvgIpc) is 3.25. The molecule has 0 fully saturated rings. The summed E-state index contributed by atoms with van der Waals surface area (Å²) in [6.45, 7) is 7.17. The van der Waals surface area contributed by atoms with Crippen molar-refractivity contribution >= 4 is 13.3 Å². The Balaban J connectivity index is -0.00000272. The summed E-state index contributed by atoms with van der Waals surface area (Å²) in [6, 6.07) is 12.8. The number of benzene rings is 1. The molecule has 0 radical (unpaired) electrons. The van der Waals surface area contributed by atoms with Crippen LogP contribution in [-0.2, 0) is 21.7 Å². The second-order valence-electron chi connectivity index (χ2n) is 10.4. The summed E-state index contributed by atoms with van der Waals surface area (Å²) in [7, 11) is -1.60. The Kier molecular flexibility index (Phi) is 29.3. The predicted octanol–water partition coefficient (Wildman–Crippen LogP) is 0.862. The molecule has 0 heterocycles. The van der Waals surface area contributed by atoms with Gasteiger partial charge in [-0.2, -0.15) is 11.3 Å². The summed E-state index contributed by atoms with van der Waals surface area (Å²) in [4.78, 5) is 0. The molecule has 0 saturated carbocycles. The summed E-state index contributed by atoms with van der Waals surface area (Å²) >= 11 is 0. The zero-order valence-electron chi connectivity index (χ0n) is 23.3. The van der Waals surface area contributed by atoms with Crippen LogP contribution in [0.1, 0.15) is 123 Å². The molecule has 0 spiro atoms. The topological polar surface area (TPSA) is 0 Å². The van der Waals surface area contributed by atoms with Gasteiger partial charge in [0.15, 0.2) is 0 Å². The molecule has 5 heteroatoms. The van der Waals surface area contributed by atoms with Crippen molar-refractivity contribution in [2.45, 2.75) is 136 Å². The smallest absolute Gasteiger partial charge is 1.00 e. The van der Waals surface area contributed by atoms with Crippen molar-refractivity contribution in [1.82, 2.24) is 0 Å². The van der Waals surface area contributed by atoms with E-state index in [1.807, 2.05) is 0 Å². The van der Waals surface area contributed by atoms with E-state index in [0.29, 0.717) is 0 Å². The zero-order valence-corrected chi connectivity index (χ0v) is 28.2. The van der Waals surface area contributed by atoms with Crippen LogP contribution in [0.25, 0.3) is 0 Å². The maximum atomic E-state index is 3.56. The van der Waals surface area contributed by atoms with E-state index < -0.39 is 8.07 Å². The van der Waals surface area contributed by atoms with Crippen molar-refractivity contribution in [1.29, 1.82) is 0 Å². The fourth-order valence-electron chi connectivity index (χ4n) is 5.46. The van der Waals surface area contributed by atoms with Crippen molar-refractivity contribution < 1.29 is 58.9 Å². The van der Waals surface area contributed by atoms with E-state index in [2.05, 4.69) is 62.9 Å². The van der Waals surface area contributed by atoms with Crippen LogP contribution in [0.2, 0.25) is 12.6 Å². The first-order valence-corrected chi connectivity index (χ1v) is 16.7. The van der Waals surface area contributed by atoms with Gasteiger partial charge in [0, 0.05) is 8.07 Å².